The number of hydrogen-bond acceptors (Lipinski definition) is 3. The zero-order chi connectivity index (χ0) is 14.1. The maximum Gasteiger partial charge on any atom is 0.167 e. The lowest BCUT2D eigenvalue weighted by Gasteiger charge is -2.02. The fourth-order valence-corrected chi connectivity index (χ4v) is 2.24. The molecule has 3 aromatic rings. The van der Waals surface area contributed by atoms with Gasteiger partial charge in [-0.2, -0.15) is 5.26 Å². The van der Waals surface area contributed by atoms with Gasteiger partial charge in [-0.25, -0.2) is 0 Å². The molecular formula is C16H11ClN2O. The van der Waals surface area contributed by atoms with Crippen LogP contribution in [0.3, 0.4) is 0 Å². The molecule has 1 aromatic heterocycles. The highest BCUT2D eigenvalue weighted by molar-refractivity contribution is 6.30. The van der Waals surface area contributed by atoms with Crippen LogP contribution in [0.4, 0.5) is 0 Å². The molecule has 0 bridgehead atoms. The van der Waals surface area contributed by atoms with Crippen molar-refractivity contribution in [2.75, 3.05) is 0 Å². The van der Waals surface area contributed by atoms with Crippen molar-refractivity contribution in [3.05, 3.63) is 53.1 Å². The molecule has 0 spiro atoms. The van der Waals surface area contributed by atoms with E-state index >= 15 is 0 Å². The van der Waals surface area contributed by atoms with Gasteiger partial charge < -0.3 is 4.52 Å². The van der Waals surface area contributed by atoms with Crippen molar-refractivity contribution < 1.29 is 4.52 Å². The summed E-state index contributed by atoms with van der Waals surface area (Å²) in [4.78, 5) is 0. The molecule has 2 aromatic carbocycles. The quantitative estimate of drug-likeness (QED) is 0.680. The molecule has 0 aliphatic heterocycles. The molecule has 0 radical (unpaired) electrons. The molecule has 0 saturated carbocycles. The highest BCUT2D eigenvalue weighted by Crippen LogP contribution is 2.31. The SMILES string of the molecule is C[C@H](C#N)c1ccc2onc(-c3ccc(Cl)cc3)c2c1. The van der Waals surface area contributed by atoms with Crippen LogP contribution in [0.5, 0.6) is 0 Å². The van der Waals surface area contributed by atoms with Crippen LogP contribution in [-0.4, -0.2) is 5.16 Å². The predicted octanol–water partition coefficient (Wildman–Crippen LogP) is 4.78. The first kappa shape index (κ1) is 12.7. The monoisotopic (exact) mass is 282 g/mol. The molecule has 0 amide bonds. The lowest BCUT2D eigenvalue weighted by molar-refractivity contribution is 0.459. The molecule has 0 unspecified atom stereocenters. The summed E-state index contributed by atoms with van der Waals surface area (Å²) >= 11 is 5.90. The van der Waals surface area contributed by atoms with Crippen molar-refractivity contribution in [2.45, 2.75) is 12.8 Å². The Kier molecular flexibility index (Phi) is 3.17. The fraction of sp³-hybridized carbons (Fsp3) is 0.125. The van der Waals surface area contributed by atoms with E-state index in [2.05, 4.69) is 11.2 Å². The Morgan fingerprint density at radius 2 is 1.95 bits per heavy atom. The van der Waals surface area contributed by atoms with E-state index in [1.165, 1.54) is 0 Å². The van der Waals surface area contributed by atoms with Crippen molar-refractivity contribution in [1.82, 2.24) is 5.16 Å². The molecule has 98 valence electrons. The minimum Gasteiger partial charge on any atom is -0.356 e. The van der Waals surface area contributed by atoms with Crippen LogP contribution in [-0.2, 0) is 0 Å². The second kappa shape index (κ2) is 4.99. The van der Waals surface area contributed by atoms with Crippen LogP contribution >= 0.6 is 11.6 Å². The van der Waals surface area contributed by atoms with Crippen LogP contribution in [0.25, 0.3) is 22.2 Å². The molecule has 20 heavy (non-hydrogen) atoms. The molecular weight excluding hydrogens is 272 g/mol. The third-order valence-corrected chi connectivity index (χ3v) is 3.56. The van der Waals surface area contributed by atoms with Gasteiger partial charge in [0.15, 0.2) is 5.58 Å². The van der Waals surface area contributed by atoms with Crippen molar-refractivity contribution in [3.63, 3.8) is 0 Å². The number of benzene rings is 2. The second-order valence-electron chi connectivity index (χ2n) is 4.64. The van der Waals surface area contributed by atoms with Crippen molar-refractivity contribution in [1.29, 1.82) is 5.26 Å². The third-order valence-electron chi connectivity index (χ3n) is 3.31. The van der Waals surface area contributed by atoms with E-state index in [1.54, 1.807) is 0 Å². The van der Waals surface area contributed by atoms with E-state index in [9.17, 15) is 0 Å². The van der Waals surface area contributed by atoms with E-state index in [1.807, 2.05) is 49.4 Å². The summed E-state index contributed by atoms with van der Waals surface area (Å²) in [6, 6.07) is 15.4. The molecule has 0 N–H and O–H groups in total. The summed E-state index contributed by atoms with van der Waals surface area (Å²) in [5, 5.41) is 14.7. The Labute approximate surface area is 121 Å². The zero-order valence-corrected chi connectivity index (χ0v) is 11.6. The standard InChI is InChI=1S/C16H11ClN2O/c1-10(9-18)12-4-7-15-14(8-12)16(19-20-15)11-2-5-13(17)6-3-11/h2-8,10H,1H3/t10-/m1/s1. The van der Waals surface area contributed by atoms with Crippen molar-refractivity contribution in [3.8, 4) is 17.3 Å². The Morgan fingerprint density at radius 1 is 1.20 bits per heavy atom. The molecule has 4 heteroatoms. The maximum absolute atomic E-state index is 9.02. The van der Waals surface area contributed by atoms with E-state index in [-0.39, 0.29) is 5.92 Å². The Morgan fingerprint density at radius 3 is 2.65 bits per heavy atom. The lowest BCUT2D eigenvalue weighted by atomic mass is 9.99. The third kappa shape index (κ3) is 2.15. The first-order chi connectivity index (χ1) is 9.69. The average molecular weight is 283 g/mol. The molecule has 0 aliphatic rings. The average Bonchev–Trinajstić information content (AvgIpc) is 2.90. The normalized spacial score (nSPS) is 12.2. The van der Waals surface area contributed by atoms with E-state index in [0.29, 0.717) is 10.6 Å². The Balaban J connectivity index is 2.16. The van der Waals surface area contributed by atoms with Gasteiger partial charge in [0.1, 0.15) is 5.69 Å². The van der Waals surface area contributed by atoms with E-state index in [0.717, 1.165) is 22.2 Å². The van der Waals surface area contributed by atoms with Crippen LogP contribution in [0.1, 0.15) is 18.4 Å². The highest BCUT2D eigenvalue weighted by Gasteiger charge is 2.13. The van der Waals surface area contributed by atoms with Crippen LogP contribution in [0, 0.1) is 11.3 Å². The Bertz CT molecular complexity index is 799. The van der Waals surface area contributed by atoms with Gasteiger partial charge in [0, 0.05) is 10.6 Å². The Hall–Kier alpha value is -2.31. The number of nitriles is 1. The second-order valence-corrected chi connectivity index (χ2v) is 5.08. The largest absolute Gasteiger partial charge is 0.356 e. The van der Waals surface area contributed by atoms with Gasteiger partial charge in [-0.05, 0) is 36.8 Å². The van der Waals surface area contributed by atoms with Gasteiger partial charge in [-0.3, -0.25) is 0 Å². The predicted molar refractivity (Wildman–Crippen MR) is 78.5 cm³/mol. The first-order valence-corrected chi connectivity index (χ1v) is 6.61. The van der Waals surface area contributed by atoms with Gasteiger partial charge in [-0.1, -0.05) is 35.0 Å². The molecule has 0 saturated heterocycles. The molecule has 0 aliphatic carbocycles. The van der Waals surface area contributed by atoms with Gasteiger partial charge in [0.2, 0.25) is 0 Å². The van der Waals surface area contributed by atoms with Crippen molar-refractivity contribution >= 4 is 22.6 Å². The number of fused-ring (bicyclic) bond motifs is 1. The van der Waals surface area contributed by atoms with Crippen LogP contribution in [0.15, 0.2) is 47.0 Å². The van der Waals surface area contributed by atoms with Gasteiger partial charge in [0.05, 0.1) is 17.4 Å². The smallest absolute Gasteiger partial charge is 0.167 e. The highest BCUT2D eigenvalue weighted by atomic mass is 35.5. The van der Waals surface area contributed by atoms with Crippen LogP contribution in [0.2, 0.25) is 5.02 Å². The molecule has 1 atom stereocenters. The molecule has 3 rings (SSSR count). The summed E-state index contributed by atoms with van der Waals surface area (Å²) in [7, 11) is 0. The summed E-state index contributed by atoms with van der Waals surface area (Å²) < 4.78 is 5.34. The molecule has 0 fully saturated rings. The minimum atomic E-state index is -0.160. The first-order valence-electron chi connectivity index (χ1n) is 6.24. The van der Waals surface area contributed by atoms with Gasteiger partial charge >= 0.3 is 0 Å². The molecule has 1 heterocycles. The number of aromatic nitrogens is 1. The lowest BCUT2D eigenvalue weighted by Crippen LogP contribution is -1.88. The topological polar surface area (TPSA) is 49.8 Å². The number of nitrogens with zero attached hydrogens (tertiary/aromatic N) is 2. The zero-order valence-electron chi connectivity index (χ0n) is 10.8. The van der Waals surface area contributed by atoms with Gasteiger partial charge in [0.25, 0.3) is 0 Å². The van der Waals surface area contributed by atoms with Crippen molar-refractivity contribution in [2.24, 2.45) is 0 Å². The number of hydrogen-bond donors (Lipinski definition) is 0. The molecule has 3 nitrogen and oxygen atoms in total. The maximum atomic E-state index is 9.02. The summed E-state index contributed by atoms with van der Waals surface area (Å²) in [5.74, 6) is -0.160. The number of halogens is 1. The summed E-state index contributed by atoms with van der Waals surface area (Å²) in [5.41, 5.74) is 3.38. The minimum absolute atomic E-state index is 0.160. The van der Waals surface area contributed by atoms with Crippen LogP contribution < -0.4 is 0 Å². The number of rotatable bonds is 2. The summed E-state index contributed by atoms with van der Waals surface area (Å²) in [6.07, 6.45) is 0. The fourth-order valence-electron chi connectivity index (χ4n) is 2.12. The van der Waals surface area contributed by atoms with E-state index < -0.39 is 0 Å². The van der Waals surface area contributed by atoms with E-state index in [4.69, 9.17) is 21.4 Å². The van der Waals surface area contributed by atoms with Gasteiger partial charge in [-0.15, -0.1) is 0 Å². The summed E-state index contributed by atoms with van der Waals surface area (Å²) in [6.45, 7) is 1.87.